The first-order chi connectivity index (χ1) is 14.1. The molecule has 1 aromatic rings. The Bertz CT molecular complexity index is 728. The zero-order valence-corrected chi connectivity index (χ0v) is 18.8. The fourth-order valence-electron chi connectivity index (χ4n) is 4.51. The summed E-state index contributed by atoms with van der Waals surface area (Å²) < 4.78 is 39.5. The van der Waals surface area contributed by atoms with Crippen LogP contribution in [0, 0.1) is 0 Å². The molecule has 29 heavy (non-hydrogen) atoms. The summed E-state index contributed by atoms with van der Waals surface area (Å²) in [5.74, 6) is 0. The molecular formula is C21H37N3O4S. The van der Waals surface area contributed by atoms with Gasteiger partial charge in [-0.15, -0.1) is 0 Å². The van der Waals surface area contributed by atoms with Crippen LogP contribution in [0.1, 0.15) is 64.0 Å². The second-order valence-corrected chi connectivity index (χ2v) is 10.5. The number of hydrogen-bond acceptors (Lipinski definition) is 6. The molecule has 0 N–H and O–H groups in total. The van der Waals surface area contributed by atoms with E-state index >= 15 is 0 Å². The molecule has 1 aliphatic carbocycles. The van der Waals surface area contributed by atoms with Crippen molar-refractivity contribution in [3.8, 4) is 0 Å². The van der Waals surface area contributed by atoms with Crippen molar-refractivity contribution in [3.63, 3.8) is 0 Å². The number of ether oxygens (including phenoxy) is 2. The van der Waals surface area contributed by atoms with Crippen LogP contribution in [-0.2, 0) is 32.4 Å². The van der Waals surface area contributed by atoms with Crippen LogP contribution in [0.5, 0.6) is 0 Å². The number of aromatic nitrogens is 2. The molecule has 2 fully saturated rings. The smallest absolute Gasteiger partial charge is 0.228 e. The maximum Gasteiger partial charge on any atom is 0.228 e. The van der Waals surface area contributed by atoms with Gasteiger partial charge in [0, 0.05) is 40.0 Å². The van der Waals surface area contributed by atoms with Gasteiger partial charge in [0.05, 0.1) is 23.2 Å². The van der Waals surface area contributed by atoms with Crippen molar-refractivity contribution in [1.29, 1.82) is 0 Å². The Morgan fingerprint density at radius 2 is 1.97 bits per heavy atom. The van der Waals surface area contributed by atoms with Gasteiger partial charge in [-0.1, -0.05) is 19.8 Å². The van der Waals surface area contributed by atoms with E-state index in [1.165, 1.54) is 0 Å². The molecule has 1 saturated carbocycles. The van der Waals surface area contributed by atoms with Crippen LogP contribution in [0.15, 0.2) is 11.4 Å². The van der Waals surface area contributed by atoms with E-state index in [9.17, 15) is 8.42 Å². The molecule has 0 unspecified atom stereocenters. The van der Waals surface area contributed by atoms with Crippen LogP contribution >= 0.6 is 0 Å². The Morgan fingerprint density at radius 3 is 2.69 bits per heavy atom. The van der Waals surface area contributed by atoms with Gasteiger partial charge in [0.2, 0.25) is 15.0 Å². The monoisotopic (exact) mass is 427 g/mol. The van der Waals surface area contributed by atoms with Gasteiger partial charge in [-0.3, -0.25) is 4.90 Å². The number of methoxy groups -OCH3 is 1. The van der Waals surface area contributed by atoms with Crippen molar-refractivity contribution < 1.29 is 17.9 Å². The number of rotatable bonds is 11. The Morgan fingerprint density at radius 1 is 1.17 bits per heavy atom. The molecule has 2 heterocycles. The highest BCUT2D eigenvalue weighted by Gasteiger charge is 2.34. The van der Waals surface area contributed by atoms with Gasteiger partial charge in [-0.05, 0) is 45.1 Å². The van der Waals surface area contributed by atoms with Gasteiger partial charge in [0.1, 0.15) is 0 Å². The molecule has 1 saturated heterocycles. The van der Waals surface area contributed by atoms with Crippen molar-refractivity contribution >= 4 is 9.84 Å². The Kier molecular flexibility index (Phi) is 8.53. The van der Waals surface area contributed by atoms with Crippen molar-refractivity contribution in [2.45, 2.75) is 87.9 Å². The topological polar surface area (TPSA) is 73.7 Å². The molecule has 7 nitrogen and oxygen atoms in total. The van der Waals surface area contributed by atoms with Gasteiger partial charge in [-0.25, -0.2) is 13.4 Å². The van der Waals surface area contributed by atoms with Crippen molar-refractivity contribution in [2.24, 2.45) is 0 Å². The lowest BCUT2D eigenvalue weighted by molar-refractivity contribution is -0.00284. The number of piperidine rings is 1. The van der Waals surface area contributed by atoms with Gasteiger partial charge >= 0.3 is 0 Å². The average molecular weight is 428 g/mol. The van der Waals surface area contributed by atoms with Crippen molar-refractivity contribution in [1.82, 2.24) is 14.5 Å². The van der Waals surface area contributed by atoms with Crippen LogP contribution in [0.25, 0.3) is 0 Å². The van der Waals surface area contributed by atoms with Crippen LogP contribution in [0.2, 0.25) is 0 Å². The zero-order valence-electron chi connectivity index (χ0n) is 18.0. The molecule has 3 rings (SSSR count). The lowest BCUT2D eigenvalue weighted by Gasteiger charge is -2.32. The molecule has 2 aliphatic rings. The summed E-state index contributed by atoms with van der Waals surface area (Å²) in [6, 6.07) is 0. The van der Waals surface area contributed by atoms with Gasteiger partial charge in [-0.2, -0.15) is 0 Å². The maximum absolute atomic E-state index is 13.2. The summed E-state index contributed by atoms with van der Waals surface area (Å²) in [7, 11) is -1.71. The van der Waals surface area contributed by atoms with Gasteiger partial charge < -0.3 is 14.0 Å². The standard InChI is InChI=1S/C21H37N3O4S/c1-3-13-28-19-8-6-11-23(17-19)16-18-15-22-21(24(18)12-7-14-27-2)29(25,26)20-9-4-5-10-20/h15,19-20H,3-14,16-17H2,1-2H3/t19-/m0/s1. The molecule has 1 atom stereocenters. The molecule has 0 radical (unpaired) electrons. The highest BCUT2D eigenvalue weighted by molar-refractivity contribution is 7.91. The Balaban J connectivity index is 1.76. The number of nitrogens with zero attached hydrogens (tertiary/aromatic N) is 3. The Hall–Kier alpha value is -0.960. The summed E-state index contributed by atoms with van der Waals surface area (Å²) in [5, 5.41) is -0.0213. The fourth-order valence-corrected chi connectivity index (χ4v) is 6.47. The summed E-state index contributed by atoms with van der Waals surface area (Å²) in [6.45, 7) is 6.79. The van der Waals surface area contributed by atoms with E-state index in [0.717, 1.165) is 76.8 Å². The Labute approximate surface area is 175 Å². The highest BCUT2D eigenvalue weighted by Crippen LogP contribution is 2.30. The lowest BCUT2D eigenvalue weighted by atomic mass is 10.1. The number of imidazole rings is 1. The molecule has 8 heteroatoms. The fraction of sp³-hybridized carbons (Fsp3) is 0.857. The van der Waals surface area contributed by atoms with E-state index in [2.05, 4.69) is 16.8 Å². The third-order valence-electron chi connectivity index (χ3n) is 6.03. The van der Waals surface area contributed by atoms with E-state index in [1.807, 2.05) is 4.57 Å². The molecular weight excluding hydrogens is 390 g/mol. The molecule has 1 aliphatic heterocycles. The highest BCUT2D eigenvalue weighted by atomic mass is 32.2. The van der Waals surface area contributed by atoms with E-state index in [1.54, 1.807) is 13.3 Å². The largest absolute Gasteiger partial charge is 0.385 e. The van der Waals surface area contributed by atoms with E-state index in [4.69, 9.17) is 9.47 Å². The van der Waals surface area contributed by atoms with Crippen LogP contribution in [0.4, 0.5) is 0 Å². The van der Waals surface area contributed by atoms with Crippen LogP contribution in [0.3, 0.4) is 0 Å². The first-order valence-corrected chi connectivity index (χ1v) is 12.7. The molecule has 0 aromatic carbocycles. The van der Waals surface area contributed by atoms with Crippen LogP contribution in [-0.4, -0.2) is 67.6 Å². The SMILES string of the molecule is CCCO[C@H]1CCCN(Cc2cnc(S(=O)(=O)C3CCCC3)n2CCCOC)C1. The third-order valence-corrected chi connectivity index (χ3v) is 8.22. The van der Waals surface area contributed by atoms with E-state index in [-0.39, 0.29) is 16.5 Å². The predicted octanol–water partition coefficient (Wildman–Crippen LogP) is 3.03. The van der Waals surface area contributed by atoms with Crippen molar-refractivity contribution in [2.75, 3.05) is 33.4 Å². The second kappa shape index (κ2) is 10.9. The van der Waals surface area contributed by atoms with Gasteiger partial charge in [0.25, 0.3) is 0 Å². The quantitative estimate of drug-likeness (QED) is 0.506. The predicted molar refractivity (Wildman–Crippen MR) is 113 cm³/mol. The summed E-state index contributed by atoms with van der Waals surface area (Å²) >= 11 is 0. The van der Waals surface area contributed by atoms with Gasteiger partial charge in [0.15, 0.2) is 0 Å². The molecule has 0 amide bonds. The normalized spacial score (nSPS) is 21.8. The first kappa shape index (κ1) is 22.7. The molecule has 0 spiro atoms. The van der Waals surface area contributed by atoms with E-state index < -0.39 is 9.84 Å². The number of sulfone groups is 1. The summed E-state index contributed by atoms with van der Waals surface area (Å²) in [4.78, 5) is 6.80. The van der Waals surface area contributed by atoms with E-state index in [0.29, 0.717) is 19.7 Å². The average Bonchev–Trinajstić information content (AvgIpc) is 3.38. The second-order valence-electron chi connectivity index (χ2n) is 8.35. The minimum absolute atomic E-state index is 0.256. The first-order valence-electron chi connectivity index (χ1n) is 11.2. The maximum atomic E-state index is 13.2. The number of likely N-dealkylation sites (tertiary alicyclic amines) is 1. The van der Waals surface area contributed by atoms with Crippen LogP contribution < -0.4 is 0 Å². The number of hydrogen-bond donors (Lipinski definition) is 0. The molecule has 166 valence electrons. The molecule has 0 bridgehead atoms. The third kappa shape index (κ3) is 5.81. The minimum atomic E-state index is -3.38. The van der Waals surface area contributed by atoms with Crippen molar-refractivity contribution in [3.05, 3.63) is 11.9 Å². The lowest BCUT2D eigenvalue weighted by Crippen LogP contribution is -2.39. The zero-order chi connectivity index (χ0) is 20.7. The summed E-state index contributed by atoms with van der Waals surface area (Å²) in [5.41, 5.74) is 0.980. The summed E-state index contributed by atoms with van der Waals surface area (Å²) in [6.07, 6.45) is 9.56. The molecule has 1 aromatic heterocycles. The minimum Gasteiger partial charge on any atom is -0.385 e.